The lowest BCUT2D eigenvalue weighted by atomic mass is 10.1. The molecule has 1 atom stereocenters. The van der Waals surface area contributed by atoms with Gasteiger partial charge in [-0.15, -0.1) is 0 Å². The first-order chi connectivity index (χ1) is 19.1. The summed E-state index contributed by atoms with van der Waals surface area (Å²) in [6, 6.07) is 17.3. The molecule has 214 valence electrons. The van der Waals surface area contributed by atoms with Crippen molar-refractivity contribution < 1.29 is 22.4 Å². The number of carbonyl (C=O) groups is 2. The van der Waals surface area contributed by atoms with Crippen LogP contribution in [-0.4, -0.2) is 44.3 Å². The number of aryl methyl sites for hydroxylation is 1. The first kappa shape index (κ1) is 31.1. The quantitative estimate of drug-likeness (QED) is 0.260. The van der Waals surface area contributed by atoms with Crippen LogP contribution in [0.25, 0.3) is 0 Å². The van der Waals surface area contributed by atoms with Gasteiger partial charge in [0.25, 0.3) is 10.0 Å². The Labute approximate surface area is 241 Å². The molecule has 0 bridgehead atoms. The van der Waals surface area contributed by atoms with Gasteiger partial charge >= 0.3 is 0 Å². The fourth-order valence-electron chi connectivity index (χ4n) is 4.21. The van der Waals surface area contributed by atoms with E-state index in [1.54, 1.807) is 37.3 Å². The van der Waals surface area contributed by atoms with Gasteiger partial charge in [-0.2, -0.15) is 0 Å². The maximum Gasteiger partial charge on any atom is 0.264 e. The zero-order valence-electron chi connectivity index (χ0n) is 22.9. The molecular weight excluding hydrogens is 553 g/mol. The molecule has 1 N–H and O–H groups in total. The summed E-state index contributed by atoms with van der Waals surface area (Å²) in [5.41, 5.74) is 1.70. The fraction of sp³-hybridized carbons (Fsp3) is 0.333. The summed E-state index contributed by atoms with van der Waals surface area (Å²) >= 11 is 6.20. The molecule has 0 aromatic heterocycles. The number of hydrogen-bond acceptors (Lipinski definition) is 4. The van der Waals surface area contributed by atoms with Crippen LogP contribution in [0.1, 0.15) is 44.2 Å². The molecule has 0 spiro atoms. The monoisotopic (exact) mass is 587 g/mol. The number of amides is 2. The minimum absolute atomic E-state index is 0.00716. The lowest BCUT2D eigenvalue weighted by Gasteiger charge is -2.33. The van der Waals surface area contributed by atoms with Crippen LogP contribution in [0.4, 0.5) is 10.1 Å². The molecule has 0 radical (unpaired) electrons. The predicted octanol–water partition coefficient (Wildman–Crippen LogP) is 5.71. The average Bonchev–Trinajstić information content (AvgIpc) is 2.93. The smallest absolute Gasteiger partial charge is 0.264 e. The van der Waals surface area contributed by atoms with Crippen LogP contribution in [0.2, 0.25) is 5.02 Å². The average molecular weight is 588 g/mol. The van der Waals surface area contributed by atoms with E-state index in [1.165, 1.54) is 47.4 Å². The number of unbranched alkanes of at least 4 members (excludes halogenated alkanes) is 1. The van der Waals surface area contributed by atoms with Crippen molar-refractivity contribution in [1.29, 1.82) is 0 Å². The van der Waals surface area contributed by atoms with Crippen LogP contribution in [0, 0.1) is 12.7 Å². The van der Waals surface area contributed by atoms with Crippen molar-refractivity contribution in [1.82, 2.24) is 10.2 Å². The van der Waals surface area contributed by atoms with Crippen LogP contribution >= 0.6 is 11.6 Å². The number of rotatable bonds is 13. The summed E-state index contributed by atoms with van der Waals surface area (Å²) in [6.45, 7) is 5.52. The Balaban J connectivity index is 2.03. The molecule has 7 nitrogen and oxygen atoms in total. The number of nitrogens with zero attached hydrogens (tertiary/aromatic N) is 2. The highest BCUT2D eigenvalue weighted by Gasteiger charge is 2.33. The Kier molecular flexibility index (Phi) is 11.1. The third-order valence-electron chi connectivity index (χ3n) is 6.47. The van der Waals surface area contributed by atoms with Gasteiger partial charge in [0.2, 0.25) is 11.8 Å². The van der Waals surface area contributed by atoms with Crippen LogP contribution < -0.4 is 9.62 Å². The third kappa shape index (κ3) is 8.05. The second kappa shape index (κ2) is 14.3. The summed E-state index contributed by atoms with van der Waals surface area (Å²) in [7, 11) is -4.19. The van der Waals surface area contributed by atoms with E-state index in [4.69, 9.17) is 11.6 Å². The van der Waals surface area contributed by atoms with Crippen molar-refractivity contribution in [3.05, 3.63) is 94.8 Å². The predicted molar refractivity (Wildman–Crippen MR) is 156 cm³/mol. The van der Waals surface area contributed by atoms with Crippen molar-refractivity contribution in [3.63, 3.8) is 0 Å². The number of anilines is 1. The van der Waals surface area contributed by atoms with E-state index in [2.05, 4.69) is 5.32 Å². The molecule has 3 rings (SSSR count). The maximum absolute atomic E-state index is 14.0. The van der Waals surface area contributed by atoms with E-state index in [9.17, 15) is 22.4 Å². The molecule has 3 aromatic carbocycles. The Bertz CT molecular complexity index is 1400. The van der Waals surface area contributed by atoms with Crippen molar-refractivity contribution in [3.8, 4) is 0 Å². The molecule has 40 heavy (non-hydrogen) atoms. The SMILES string of the molecule is CCCCNC(=O)[C@H](CC)N(Cc1ccc(F)cc1)C(=O)CN(c1cccc(Cl)c1)S(=O)(=O)c1ccc(C)cc1. The second-order valence-corrected chi connectivity index (χ2v) is 11.8. The first-order valence-corrected chi connectivity index (χ1v) is 15.0. The van der Waals surface area contributed by atoms with Gasteiger partial charge in [0, 0.05) is 18.1 Å². The summed E-state index contributed by atoms with van der Waals surface area (Å²) < 4.78 is 42.3. The highest BCUT2D eigenvalue weighted by Crippen LogP contribution is 2.27. The van der Waals surface area contributed by atoms with Crippen molar-refractivity contribution in [2.24, 2.45) is 0 Å². The van der Waals surface area contributed by atoms with Crippen molar-refractivity contribution >= 4 is 39.1 Å². The van der Waals surface area contributed by atoms with Crippen molar-refractivity contribution in [2.75, 3.05) is 17.4 Å². The molecule has 0 aliphatic carbocycles. The van der Waals surface area contributed by atoms with Gasteiger partial charge in [-0.1, -0.05) is 67.8 Å². The van der Waals surface area contributed by atoms with Gasteiger partial charge in [0.05, 0.1) is 10.6 Å². The number of carbonyl (C=O) groups excluding carboxylic acids is 2. The highest BCUT2D eigenvalue weighted by molar-refractivity contribution is 7.92. The zero-order valence-corrected chi connectivity index (χ0v) is 24.5. The standard InChI is InChI=1S/C30H35ClFN3O4S/c1-4-6-18-33-30(37)28(5-2)34(20-23-12-14-25(32)15-13-23)29(36)21-35(26-9-7-8-24(31)19-26)40(38,39)27-16-10-22(3)11-17-27/h7-17,19,28H,4-6,18,20-21H2,1-3H3,(H,33,37)/t28-/m0/s1. The second-order valence-electron chi connectivity index (χ2n) is 9.52. The first-order valence-electron chi connectivity index (χ1n) is 13.2. The van der Waals surface area contributed by atoms with Crippen LogP contribution in [0.15, 0.2) is 77.7 Å². The fourth-order valence-corrected chi connectivity index (χ4v) is 5.80. The zero-order chi connectivity index (χ0) is 29.3. The summed E-state index contributed by atoms with van der Waals surface area (Å²) in [4.78, 5) is 28.5. The van der Waals surface area contributed by atoms with Crippen LogP contribution in [0.5, 0.6) is 0 Å². The van der Waals surface area contributed by atoms with Gasteiger partial charge in [0.1, 0.15) is 18.4 Å². The summed E-state index contributed by atoms with van der Waals surface area (Å²) in [5, 5.41) is 3.18. The topological polar surface area (TPSA) is 86.8 Å². The minimum Gasteiger partial charge on any atom is -0.354 e. The molecule has 0 unspecified atom stereocenters. The van der Waals surface area contributed by atoms with Gasteiger partial charge < -0.3 is 10.2 Å². The molecule has 0 aliphatic rings. The Hall–Kier alpha value is -3.43. The van der Waals surface area contributed by atoms with Crippen molar-refractivity contribution in [2.45, 2.75) is 57.5 Å². The molecule has 10 heteroatoms. The van der Waals surface area contributed by atoms with E-state index >= 15 is 0 Å². The Morgan fingerprint density at radius 2 is 1.68 bits per heavy atom. The molecule has 3 aromatic rings. The number of sulfonamides is 1. The molecule has 0 aliphatic heterocycles. The minimum atomic E-state index is -4.19. The number of nitrogens with one attached hydrogen (secondary N) is 1. The largest absolute Gasteiger partial charge is 0.354 e. The van der Waals surface area contributed by atoms with E-state index in [0.29, 0.717) is 23.6 Å². The molecule has 0 fully saturated rings. The number of hydrogen-bond donors (Lipinski definition) is 1. The third-order valence-corrected chi connectivity index (χ3v) is 8.49. The van der Waals surface area contributed by atoms with Gasteiger partial charge in [-0.3, -0.25) is 13.9 Å². The lowest BCUT2D eigenvalue weighted by Crippen LogP contribution is -2.52. The summed E-state index contributed by atoms with van der Waals surface area (Å²) in [6.07, 6.45) is 1.97. The molecule has 0 saturated heterocycles. The molecule has 0 heterocycles. The molecular formula is C30H35ClFN3O4S. The van der Waals surface area contributed by atoms with Gasteiger partial charge in [0.15, 0.2) is 0 Å². The normalized spacial score (nSPS) is 12.0. The van der Waals surface area contributed by atoms with E-state index in [-0.39, 0.29) is 23.0 Å². The highest BCUT2D eigenvalue weighted by atomic mass is 35.5. The maximum atomic E-state index is 14.0. The summed E-state index contributed by atoms with van der Waals surface area (Å²) in [5.74, 6) is -1.35. The number of benzene rings is 3. The molecule has 0 saturated carbocycles. The molecule has 2 amide bonds. The van der Waals surface area contributed by atoms with E-state index < -0.39 is 34.3 Å². The van der Waals surface area contributed by atoms with Gasteiger partial charge in [-0.05, 0) is 67.8 Å². The Morgan fingerprint density at radius 1 is 1.00 bits per heavy atom. The van der Waals surface area contributed by atoms with E-state index in [1.807, 2.05) is 13.8 Å². The van der Waals surface area contributed by atoms with Crippen LogP contribution in [-0.2, 0) is 26.2 Å². The van der Waals surface area contributed by atoms with Gasteiger partial charge in [-0.25, -0.2) is 12.8 Å². The van der Waals surface area contributed by atoms with E-state index in [0.717, 1.165) is 22.7 Å². The Morgan fingerprint density at radius 3 is 2.27 bits per heavy atom. The van der Waals surface area contributed by atoms with Crippen LogP contribution in [0.3, 0.4) is 0 Å². The number of halogens is 2. The lowest BCUT2D eigenvalue weighted by molar-refractivity contribution is -0.140.